The third-order valence-corrected chi connectivity index (χ3v) is 9.52. The topological polar surface area (TPSA) is 198 Å². The lowest BCUT2D eigenvalue weighted by atomic mass is 9.92. The molecule has 4 rings (SSSR count). The molecular weight excluding hydrogens is 634 g/mol. The van der Waals surface area contributed by atoms with Crippen molar-refractivity contribution in [3.8, 4) is 0 Å². The van der Waals surface area contributed by atoms with Crippen LogP contribution in [0.1, 0.15) is 83.6 Å². The summed E-state index contributed by atoms with van der Waals surface area (Å²) >= 11 is 0. The van der Waals surface area contributed by atoms with Gasteiger partial charge in [-0.25, -0.2) is 4.98 Å². The molecule has 0 radical (unpaired) electrons. The van der Waals surface area contributed by atoms with Gasteiger partial charge < -0.3 is 35.6 Å². The molecule has 0 aromatic carbocycles. The van der Waals surface area contributed by atoms with Crippen LogP contribution in [0.4, 0.5) is 0 Å². The largest absolute Gasteiger partial charge is 0.359 e. The fourth-order valence-corrected chi connectivity index (χ4v) is 6.76. The van der Waals surface area contributed by atoms with E-state index in [1.165, 1.54) is 30.6 Å². The van der Waals surface area contributed by atoms with Crippen molar-refractivity contribution in [1.29, 1.82) is 0 Å². The first-order chi connectivity index (χ1) is 23.4. The summed E-state index contributed by atoms with van der Waals surface area (Å²) in [5, 5.41) is 11.1. The second kappa shape index (κ2) is 17.1. The first kappa shape index (κ1) is 37.8. The summed E-state index contributed by atoms with van der Waals surface area (Å²) in [6, 6.07) is -4.04. The normalized spacial score (nSPS) is 23.4. The molecule has 15 nitrogen and oxygen atoms in total. The summed E-state index contributed by atoms with van der Waals surface area (Å²) in [6.07, 6.45) is 7.54. The van der Waals surface area contributed by atoms with Crippen LogP contribution in [0.25, 0.3) is 0 Å². The maximum atomic E-state index is 14.4. The number of carbonyl (C=O) groups is 6. The third-order valence-electron chi connectivity index (χ3n) is 9.52. The van der Waals surface area contributed by atoms with Gasteiger partial charge in [0, 0.05) is 38.0 Å². The van der Waals surface area contributed by atoms with Crippen LogP contribution >= 0.6 is 0 Å². The summed E-state index contributed by atoms with van der Waals surface area (Å²) in [4.78, 5) is 90.3. The Hall–Kier alpha value is -3.98. The van der Waals surface area contributed by atoms with Crippen molar-refractivity contribution in [3.05, 3.63) is 24.3 Å². The van der Waals surface area contributed by atoms with Gasteiger partial charge in [-0.05, 0) is 49.9 Å². The number of hydrogen-bond acceptors (Lipinski definition) is 10. The summed E-state index contributed by atoms with van der Waals surface area (Å²) in [7, 11) is 1.52. The van der Waals surface area contributed by atoms with E-state index in [4.69, 9.17) is 9.47 Å². The van der Waals surface area contributed by atoms with Gasteiger partial charge in [0.15, 0.2) is 0 Å². The number of nitrogens with zero attached hydrogens (tertiary/aromatic N) is 3. The fourth-order valence-electron chi connectivity index (χ4n) is 6.76. The van der Waals surface area contributed by atoms with E-state index in [1.807, 2.05) is 6.92 Å². The number of hydrogen-bond donors (Lipinski definition) is 4. The summed E-state index contributed by atoms with van der Waals surface area (Å²) in [5.41, 5.74) is 0.0463. The fraction of sp³-hybridized carbons (Fsp3) is 0.706. The van der Waals surface area contributed by atoms with Gasteiger partial charge in [-0.1, -0.05) is 41.0 Å². The lowest BCUT2D eigenvalue weighted by Crippen LogP contribution is -2.60. The van der Waals surface area contributed by atoms with Gasteiger partial charge in [0.2, 0.25) is 23.5 Å². The summed E-state index contributed by atoms with van der Waals surface area (Å²) in [6.45, 7) is 9.23. The Morgan fingerprint density at radius 3 is 2.22 bits per heavy atom. The first-order valence-corrected chi connectivity index (χ1v) is 17.3. The molecule has 1 aromatic rings. The highest BCUT2D eigenvalue weighted by atomic mass is 16.7. The van der Waals surface area contributed by atoms with E-state index in [0.717, 1.165) is 12.8 Å². The zero-order valence-corrected chi connectivity index (χ0v) is 29.3. The number of likely N-dealkylation sites (tertiary alicyclic amines) is 1. The average molecular weight is 686 g/mol. The molecule has 7 atom stereocenters. The number of ketones is 1. The zero-order valence-electron chi connectivity index (χ0n) is 29.3. The lowest BCUT2D eigenvalue weighted by molar-refractivity contribution is -0.145. The molecule has 270 valence electrons. The predicted molar refractivity (Wildman–Crippen MR) is 176 cm³/mol. The Bertz CT molecular complexity index is 1350. The van der Waals surface area contributed by atoms with Crippen molar-refractivity contribution >= 4 is 35.3 Å². The van der Waals surface area contributed by atoms with Gasteiger partial charge >= 0.3 is 0 Å². The van der Waals surface area contributed by atoms with E-state index in [9.17, 15) is 28.8 Å². The van der Waals surface area contributed by atoms with Crippen molar-refractivity contribution in [3.63, 3.8) is 0 Å². The lowest BCUT2D eigenvalue weighted by Gasteiger charge is -2.34. The van der Waals surface area contributed by atoms with E-state index >= 15 is 0 Å². The van der Waals surface area contributed by atoms with Crippen LogP contribution in [0.2, 0.25) is 0 Å². The Morgan fingerprint density at radius 1 is 0.918 bits per heavy atom. The Labute approximate surface area is 287 Å². The van der Waals surface area contributed by atoms with Crippen LogP contribution in [0.3, 0.4) is 0 Å². The summed E-state index contributed by atoms with van der Waals surface area (Å²) < 4.78 is 11.1. The molecule has 1 aliphatic heterocycles. The SMILES string of the molecule is CCCC(NC(=O)[C@@H]1[C@H]2CC[C@@H](OCOC)[C@H]2CN1C(=O)[C@@H](NC(=O)[C@H](NC(=O)c1cnccn1)C(C)C)C(C)C)C(=O)C(=O)NC1CC1. The van der Waals surface area contributed by atoms with Gasteiger partial charge in [0.05, 0.1) is 18.3 Å². The molecule has 4 N–H and O–H groups in total. The van der Waals surface area contributed by atoms with Gasteiger partial charge in [-0.15, -0.1) is 0 Å². The molecule has 3 fully saturated rings. The molecule has 1 saturated heterocycles. The van der Waals surface area contributed by atoms with E-state index < -0.39 is 59.5 Å². The van der Waals surface area contributed by atoms with Crippen LogP contribution < -0.4 is 21.3 Å². The van der Waals surface area contributed by atoms with E-state index in [-0.39, 0.29) is 61.3 Å². The van der Waals surface area contributed by atoms with Gasteiger partial charge in [-0.3, -0.25) is 33.8 Å². The molecule has 49 heavy (non-hydrogen) atoms. The second-order valence-corrected chi connectivity index (χ2v) is 13.9. The smallest absolute Gasteiger partial charge is 0.289 e. The van der Waals surface area contributed by atoms with Gasteiger partial charge in [-0.2, -0.15) is 0 Å². The number of aromatic nitrogens is 2. The Balaban J connectivity index is 1.56. The van der Waals surface area contributed by atoms with Crippen molar-refractivity contribution in [2.45, 2.75) is 109 Å². The molecule has 2 saturated carbocycles. The monoisotopic (exact) mass is 685 g/mol. The van der Waals surface area contributed by atoms with Crippen LogP contribution in [0.5, 0.6) is 0 Å². The van der Waals surface area contributed by atoms with E-state index in [2.05, 4.69) is 31.2 Å². The molecule has 15 heteroatoms. The van der Waals surface area contributed by atoms with Crippen molar-refractivity contribution in [2.24, 2.45) is 23.7 Å². The number of methoxy groups -OCH3 is 1. The number of amides is 5. The molecule has 5 amide bonds. The van der Waals surface area contributed by atoms with Crippen LogP contribution in [0, 0.1) is 23.7 Å². The summed E-state index contributed by atoms with van der Waals surface area (Å²) in [5.74, 6) is -4.74. The Kier molecular flexibility index (Phi) is 13.2. The maximum Gasteiger partial charge on any atom is 0.289 e. The van der Waals surface area contributed by atoms with E-state index in [0.29, 0.717) is 19.3 Å². The number of fused-ring (bicyclic) bond motifs is 1. The molecule has 2 aliphatic carbocycles. The minimum absolute atomic E-state index is 0.0144. The van der Waals surface area contributed by atoms with Crippen molar-refractivity contribution < 1.29 is 38.2 Å². The average Bonchev–Trinajstić information content (AvgIpc) is 3.68. The van der Waals surface area contributed by atoms with Crippen LogP contribution in [0.15, 0.2) is 18.6 Å². The van der Waals surface area contributed by atoms with Crippen molar-refractivity contribution in [2.75, 3.05) is 20.4 Å². The highest BCUT2D eigenvalue weighted by Gasteiger charge is 2.55. The van der Waals surface area contributed by atoms with E-state index in [1.54, 1.807) is 27.7 Å². The van der Waals surface area contributed by atoms with Crippen LogP contribution in [-0.2, 0) is 33.4 Å². The van der Waals surface area contributed by atoms with Gasteiger partial charge in [0.25, 0.3) is 11.8 Å². The second-order valence-electron chi connectivity index (χ2n) is 13.9. The molecule has 1 unspecified atom stereocenters. The molecule has 0 bridgehead atoms. The number of ether oxygens (including phenoxy) is 2. The minimum Gasteiger partial charge on any atom is -0.359 e. The van der Waals surface area contributed by atoms with Crippen LogP contribution in [-0.4, -0.2) is 107 Å². The maximum absolute atomic E-state index is 14.4. The molecular formula is C34H51N7O8. The number of rotatable bonds is 17. The highest BCUT2D eigenvalue weighted by molar-refractivity contribution is 6.38. The zero-order chi connectivity index (χ0) is 35.8. The Morgan fingerprint density at radius 2 is 1.63 bits per heavy atom. The number of nitrogens with one attached hydrogen (secondary N) is 4. The predicted octanol–water partition coefficient (Wildman–Crippen LogP) is 0.731. The van der Waals surface area contributed by atoms with Crippen molar-refractivity contribution in [1.82, 2.24) is 36.1 Å². The third kappa shape index (κ3) is 9.38. The molecule has 3 aliphatic rings. The molecule has 1 aromatic heterocycles. The number of Topliss-reactive ketones (excluding diaryl/α,β-unsaturated/α-hetero) is 1. The molecule has 2 heterocycles. The quantitative estimate of drug-likeness (QED) is 0.134. The highest BCUT2D eigenvalue weighted by Crippen LogP contribution is 2.44. The first-order valence-electron chi connectivity index (χ1n) is 17.3. The number of carbonyl (C=O) groups excluding carboxylic acids is 6. The molecule has 0 spiro atoms. The standard InChI is InChI=1S/C34H51N7O8/c1-7-8-23(29(42)33(46)37-20-9-10-20)38-32(45)28-21-11-12-25(49-17-48-6)22(21)16-41(28)34(47)27(19(4)5)40-31(44)26(18(2)3)39-30(43)24-15-35-13-14-36-24/h13-15,18-23,25-28H,7-12,16-17H2,1-6H3,(H,37,46)(H,38,45)(H,39,43)(H,40,44)/t21-,22-,23?,25+,26+,27-,28-/m0/s1. The van der Waals surface area contributed by atoms with Gasteiger partial charge in [0.1, 0.15) is 30.6 Å². The minimum atomic E-state index is -1.04.